The third-order valence-electron chi connectivity index (χ3n) is 4.71. The maximum absolute atomic E-state index is 14.1. The highest BCUT2D eigenvalue weighted by Gasteiger charge is 2.19. The third kappa shape index (κ3) is 10.0. The van der Waals surface area contributed by atoms with Crippen molar-refractivity contribution < 1.29 is 19.0 Å². The normalized spacial score (nSPS) is 11.6. The van der Waals surface area contributed by atoms with Crippen molar-refractivity contribution in [3.05, 3.63) is 24.0 Å². The molecule has 0 aliphatic heterocycles. The number of halogens is 1. The molecule has 0 aliphatic rings. The standard InChI is InChI=1S/C22H37FO3/c1-4-22(2,3)26-21-15-14-19(18-20(21)23)25-17-13-11-9-7-5-6-8-10-12-16-24/h14-15,18,24H,4-13,16-17H2,1-3H3. The van der Waals surface area contributed by atoms with Crippen LogP contribution in [0.5, 0.6) is 11.5 Å². The van der Waals surface area contributed by atoms with Crippen LogP contribution in [0.2, 0.25) is 0 Å². The van der Waals surface area contributed by atoms with Gasteiger partial charge in [0, 0.05) is 12.7 Å². The molecule has 26 heavy (non-hydrogen) atoms. The molecule has 0 amide bonds. The fourth-order valence-electron chi connectivity index (χ4n) is 2.67. The average Bonchev–Trinajstić information content (AvgIpc) is 2.62. The predicted octanol–water partition coefficient (Wildman–Crippen LogP) is 6.28. The highest BCUT2D eigenvalue weighted by atomic mass is 19.1. The highest BCUT2D eigenvalue weighted by molar-refractivity contribution is 5.33. The molecule has 0 atom stereocenters. The molecule has 1 aromatic rings. The Hall–Kier alpha value is -1.29. The second-order valence-corrected chi connectivity index (χ2v) is 7.56. The van der Waals surface area contributed by atoms with Crippen molar-refractivity contribution in [2.75, 3.05) is 13.2 Å². The molecular formula is C22H37FO3. The van der Waals surface area contributed by atoms with Gasteiger partial charge in [-0.15, -0.1) is 0 Å². The Labute approximate surface area is 158 Å². The van der Waals surface area contributed by atoms with E-state index in [2.05, 4.69) is 0 Å². The first kappa shape index (κ1) is 22.8. The smallest absolute Gasteiger partial charge is 0.168 e. The summed E-state index contributed by atoms with van der Waals surface area (Å²) < 4.78 is 25.5. The maximum atomic E-state index is 14.1. The van der Waals surface area contributed by atoms with Crippen molar-refractivity contribution in [3.63, 3.8) is 0 Å². The van der Waals surface area contributed by atoms with Crippen LogP contribution in [0.25, 0.3) is 0 Å². The summed E-state index contributed by atoms with van der Waals surface area (Å²) in [6.45, 7) is 6.86. The monoisotopic (exact) mass is 368 g/mol. The van der Waals surface area contributed by atoms with Gasteiger partial charge in [0.05, 0.1) is 6.61 Å². The summed E-state index contributed by atoms with van der Waals surface area (Å²) in [4.78, 5) is 0. The molecule has 1 rings (SSSR count). The maximum Gasteiger partial charge on any atom is 0.168 e. The van der Waals surface area contributed by atoms with E-state index in [1.165, 1.54) is 38.2 Å². The fourth-order valence-corrected chi connectivity index (χ4v) is 2.67. The minimum absolute atomic E-state index is 0.281. The molecule has 3 nitrogen and oxygen atoms in total. The molecule has 150 valence electrons. The van der Waals surface area contributed by atoms with Crippen LogP contribution in [0, 0.1) is 5.82 Å². The summed E-state index contributed by atoms with van der Waals surface area (Å²) in [5.41, 5.74) is -0.373. The van der Waals surface area contributed by atoms with E-state index in [4.69, 9.17) is 14.6 Å². The molecule has 0 aliphatic carbocycles. The van der Waals surface area contributed by atoms with Crippen LogP contribution >= 0.6 is 0 Å². The van der Waals surface area contributed by atoms with Crippen LogP contribution in [0.1, 0.15) is 85.0 Å². The van der Waals surface area contributed by atoms with Crippen molar-refractivity contribution in [3.8, 4) is 11.5 Å². The number of benzene rings is 1. The van der Waals surface area contributed by atoms with Crippen molar-refractivity contribution in [2.45, 2.75) is 90.6 Å². The van der Waals surface area contributed by atoms with Gasteiger partial charge >= 0.3 is 0 Å². The van der Waals surface area contributed by atoms with Crippen molar-refractivity contribution in [1.29, 1.82) is 0 Å². The number of rotatable bonds is 15. The Morgan fingerprint density at radius 1 is 0.923 bits per heavy atom. The zero-order chi connectivity index (χ0) is 19.3. The molecule has 1 N–H and O–H groups in total. The lowest BCUT2D eigenvalue weighted by Gasteiger charge is -2.25. The zero-order valence-corrected chi connectivity index (χ0v) is 16.9. The number of ether oxygens (including phenoxy) is 2. The van der Waals surface area contributed by atoms with E-state index < -0.39 is 0 Å². The van der Waals surface area contributed by atoms with Gasteiger partial charge in [-0.25, -0.2) is 4.39 Å². The Kier molecular flexibility index (Phi) is 11.3. The van der Waals surface area contributed by atoms with Gasteiger partial charge in [0.25, 0.3) is 0 Å². The SMILES string of the molecule is CCC(C)(C)Oc1ccc(OCCCCCCCCCCCO)cc1F. The molecule has 0 saturated carbocycles. The average molecular weight is 369 g/mol. The fraction of sp³-hybridized carbons (Fsp3) is 0.727. The minimum atomic E-state index is -0.373. The van der Waals surface area contributed by atoms with Gasteiger partial charge in [-0.2, -0.15) is 0 Å². The summed E-state index contributed by atoms with van der Waals surface area (Å²) in [5.74, 6) is 0.474. The van der Waals surface area contributed by atoms with Gasteiger partial charge in [-0.3, -0.25) is 0 Å². The van der Waals surface area contributed by atoms with Gasteiger partial charge in [0.2, 0.25) is 0 Å². The van der Waals surface area contributed by atoms with E-state index in [1.54, 1.807) is 12.1 Å². The summed E-state index contributed by atoms with van der Waals surface area (Å²) in [6.07, 6.45) is 11.3. The molecule has 1 aromatic carbocycles. The topological polar surface area (TPSA) is 38.7 Å². The van der Waals surface area contributed by atoms with Gasteiger partial charge < -0.3 is 14.6 Å². The predicted molar refractivity (Wildman–Crippen MR) is 106 cm³/mol. The zero-order valence-electron chi connectivity index (χ0n) is 16.9. The largest absolute Gasteiger partial charge is 0.493 e. The molecule has 0 unspecified atom stereocenters. The van der Waals surface area contributed by atoms with E-state index in [0.29, 0.717) is 19.0 Å². The molecule has 0 fully saturated rings. The molecule has 0 heterocycles. The molecule has 0 bridgehead atoms. The Bertz CT molecular complexity index is 488. The summed E-state index contributed by atoms with van der Waals surface area (Å²) in [5, 5.41) is 8.72. The number of hydrogen-bond donors (Lipinski definition) is 1. The van der Waals surface area contributed by atoms with Crippen LogP contribution in [-0.2, 0) is 0 Å². The Balaban J connectivity index is 2.13. The lowest BCUT2D eigenvalue weighted by molar-refractivity contribution is 0.0992. The van der Waals surface area contributed by atoms with E-state index in [-0.39, 0.29) is 17.2 Å². The van der Waals surface area contributed by atoms with Crippen LogP contribution in [0.15, 0.2) is 18.2 Å². The molecule has 4 heteroatoms. The minimum Gasteiger partial charge on any atom is -0.493 e. The second-order valence-electron chi connectivity index (χ2n) is 7.56. The third-order valence-corrected chi connectivity index (χ3v) is 4.71. The molecule has 0 radical (unpaired) electrons. The number of aliphatic hydroxyl groups excluding tert-OH is 1. The molecule has 0 aromatic heterocycles. The van der Waals surface area contributed by atoms with Gasteiger partial charge in [-0.05, 0) is 45.2 Å². The number of unbranched alkanes of at least 4 members (excludes halogenated alkanes) is 8. The summed E-state index contributed by atoms with van der Waals surface area (Å²) in [6, 6.07) is 4.84. The Morgan fingerprint density at radius 2 is 1.50 bits per heavy atom. The first-order valence-electron chi connectivity index (χ1n) is 10.2. The van der Waals surface area contributed by atoms with Crippen LogP contribution in [-0.4, -0.2) is 23.9 Å². The van der Waals surface area contributed by atoms with Crippen LogP contribution < -0.4 is 9.47 Å². The second kappa shape index (κ2) is 13.0. The van der Waals surface area contributed by atoms with Gasteiger partial charge in [0.1, 0.15) is 11.4 Å². The first-order valence-corrected chi connectivity index (χ1v) is 10.2. The molecule has 0 spiro atoms. The quantitative estimate of drug-likeness (QED) is 0.371. The van der Waals surface area contributed by atoms with E-state index in [1.807, 2.05) is 20.8 Å². The van der Waals surface area contributed by atoms with Crippen molar-refractivity contribution >= 4 is 0 Å². The van der Waals surface area contributed by atoms with Crippen LogP contribution in [0.4, 0.5) is 4.39 Å². The highest BCUT2D eigenvalue weighted by Crippen LogP contribution is 2.27. The van der Waals surface area contributed by atoms with Crippen molar-refractivity contribution in [1.82, 2.24) is 0 Å². The van der Waals surface area contributed by atoms with Gasteiger partial charge in [0.15, 0.2) is 11.6 Å². The van der Waals surface area contributed by atoms with Crippen LogP contribution in [0.3, 0.4) is 0 Å². The lowest BCUT2D eigenvalue weighted by Crippen LogP contribution is -2.27. The molecular weight excluding hydrogens is 331 g/mol. The summed E-state index contributed by atoms with van der Waals surface area (Å²) >= 11 is 0. The van der Waals surface area contributed by atoms with Crippen molar-refractivity contribution in [2.24, 2.45) is 0 Å². The Morgan fingerprint density at radius 3 is 2.04 bits per heavy atom. The molecule has 0 saturated heterocycles. The number of aliphatic hydroxyl groups is 1. The first-order chi connectivity index (χ1) is 12.5. The van der Waals surface area contributed by atoms with Gasteiger partial charge in [-0.1, -0.05) is 51.9 Å². The lowest BCUT2D eigenvalue weighted by atomic mass is 10.1. The van der Waals surface area contributed by atoms with E-state index >= 15 is 0 Å². The summed E-state index contributed by atoms with van der Waals surface area (Å²) in [7, 11) is 0. The van der Waals surface area contributed by atoms with E-state index in [0.717, 1.165) is 32.1 Å². The number of hydrogen-bond acceptors (Lipinski definition) is 3. The van der Waals surface area contributed by atoms with E-state index in [9.17, 15) is 4.39 Å².